The molecule has 0 radical (unpaired) electrons. The number of hydrogen-bond acceptors (Lipinski definition) is 6. The molecule has 1 N–H and O–H groups in total. The van der Waals surface area contributed by atoms with Gasteiger partial charge in [0.1, 0.15) is 5.82 Å². The molecule has 2 rings (SSSR count). The van der Waals surface area contributed by atoms with Crippen LogP contribution in [0.2, 0.25) is 5.28 Å². The summed E-state index contributed by atoms with van der Waals surface area (Å²) in [5.74, 6) is -1.06. The van der Waals surface area contributed by atoms with Crippen LogP contribution in [-0.2, 0) is 19.6 Å². The fourth-order valence-electron chi connectivity index (χ4n) is 2.33. The van der Waals surface area contributed by atoms with Crippen molar-refractivity contribution >= 4 is 33.4 Å². The quantitative estimate of drug-likeness (QED) is 0.661. The van der Waals surface area contributed by atoms with E-state index >= 15 is 0 Å². The van der Waals surface area contributed by atoms with Gasteiger partial charge in [0.25, 0.3) is 0 Å². The summed E-state index contributed by atoms with van der Waals surface area (Å²) >= 11 is 5.60. The van der Waals surface area contributed by atoms with Gasteiger partial charge in [0.2, 0.25) is 15.3 Å². The number of hydrogen-bond donors (Lipinski definition) is 1. The normalized spacial score (nSPS) is 22.5. The summed E-state index contributed by atoms with van der Waals surface area (Å²) in [5.41, 5.74) is 0. The Balaban J connectivity index is 2.19. The van der Waals surface area contributed by atoms with Crippen LogP contribution in [0.4, 0.5) is 5.82 Å². The molecule has 9 heteroatoms. The molecule has 0 amide bonds. The predicted molar refractivity (Wildman–Crippen MR) is 72.7 cm³/mol. The Kier molecular flexibility index (Phi) is 4.44. The van der Waals surface area contributed by atoms with Gasteiger partial charge in [-0.2, -0.15) is 4.98 Å². The second kappa shape index (κ2) is 5.92. The highest BCUT2D eigenvalue weighted by molar-refractivity contribution is 7.93. The molecule has 2 atom stereocenters. The van der Waals surface area contributed by atoms with Crippen molar-refractivity contribution < 1.29 is 17.9 Å². The lowest BCUT2D eigenvalue weighted by Gasteiger charge is -2.18. The Morgan fingerprint density at radius 1 is 1.50 bits per heavy atom. The number of aromatic nitrogens is 2. The molecule has 2 unspecified atom stereocenters. The molecule has 0 saturated heterocycles. The number of nitrogens with zero attached hydrogens (tertiary/aromatic N) is 2. The molecule has 1 heterocycles. The fourth-order valence-corrected chi connectivity index (χ4v) is 4.19. The standard InChI is InChI=1S/C11H14ClN3O4S/c1-19-10(16)7-3-2-4-8(7)20(17,18)15-9-5-6-13-11(12)14-9/h5-8H,2-4H2,1H3,(H,13,14,15). The van der Waals surface area contributed by atoms with Crippen LogP contribution in [0.15, 0.2) is 12.3 Å². The van der Waals surface area contributed by atoms with E-state index in [-0.39, 0.29) is 11.1 Å². The maximum absolute atomic E-state index is 12.3. The molecule has 1 aliphatic rings. The average molecular weight is 320 g/mol. The minimum Gasteiger partial charge on any atom is -0.469 e. The molecule has 1 fully saturated rings. The minimum absolute atomic E-state index is 0.0545. The molecule has 7 nitrogen and oxygen atoms in total. The number of rotatable bonds is 4. The molecule has 0 aromatic carbocycles. The second-order valence-electron chi connectivity index (χ2n) is 4.46. The van der Waals surface area contributed by atoms with Gasteiger partial charge in [-0.15, -0.1) is 0 Å². The number of anilines is 1. The van der Waals surface area contributed by atoms with Crippen molar-refractivity contribution in [3.05, 3.63) is 17.5 Å². The van der Waals surface area contributed by atoms with E-state index in [1.165, 1.54) is 19.4 Å². The lowest BCUT2D eigenvalue weighted by atomic mass is 10.1. The van der Waals surface area contributed by atoms with Gasteiger partial charge in [-0.25, -0.2) is 13.4 Å². The number of carbonyl (C=O) groups excluding carboxylic acids is 1. The topological polar surface area (TPSA) is 98.2 Å². The van der Waals surface area contributed by atoms with Crippen LogP contribution < -0.4 is 4.72 Å². The van der Waals surface area contributed by atoms with E-state index < -0.39 is 27.2 Å². The van der Waals surface area contributed by atoms with Gasteiger partial charge in [-0.3, -0.25) is 9.52 Å². The van der Waals surface area contributed by atoms with E-state index in [0.717, 1.165) is 0 Å². The monoisotopic (exact) mass is 319 g/mol. The number of ether oxygens (including phenoxy) is 1. The van der Waals surface area contributed by atoms with Crippen molar-refractivity contribution in [2.45, 2.75) is 24.5 Å². The Morgan fingerprint density at radius 2 is 2.25 bits per heavy atom. The molecule has 1 aliphatic carbocycles. The van der Waals surface area contributed by atoms with Gasteiger partial charge in [-0.05, 0) is 30.5 Å². The third-order valence-corrected chi connectivity index (χ3v) is 5.27. The number of carbonyl (C=O) groups is 1. The van der Waals surface area contributed by atoms with Crippen LogP contribution in [0, 0.1) is 5.92 Å². The van der Waals surface area contributed by atoms with Gasteiger partial charge in [0, 0.05) is 6.20 Å². The van der Waals surface area contributed by atoms with E-state index in [9.17, 15) is 13.2 Å². The first-order valence-electron chi connectivity index (χ1n) is 6.02. The van der Waals surface area contributed by atoms with E-state index in [1.54, 1.807) is 0 Å². The van der Waals surface area contributed by atoms with E-state index in [1.807, 2.05) is 0 Å². The minimum atomic E-state index is -3.73. The van der Waals surface area contributed by atoms with Gasteiger partial charge in [0.05, 0.1) is 18.3 Å². The highest BCUT2D eigenvalue weighted by Crippen LogP contribution is 2.32. The van der Waals surface area contributed by atoms with Gasteiger partial charge < -0.3 is 4.74 Å². The molecular formula is C11H14ClN3O4S. The second-order valence-corrected chi connectivity index (χ2v) is 6.69. The first kappa shape index (κ1) is 15.0. The first-order valence-corrected chi connectivity index (χ1v) is 7.94. The average Bonchev–Trinajstić information content (AvgIpc) is 2.87. The van der Waals surface area contributed by atoms with Crippen molar-refractivity contribution in [2.75, 3.05) is 11.8 Å². The van der Waals surface area contributed by atoms with Crippen molar-refractivity contribution in [1.82, 2.24) is 9.97 Å². The first-order chi connectivity index (χ1) is 9.44. The van der Waals surface area contributed by atoms with Crippen LogP contribution in [0.25, 0.3) is 0 Å². The smallest absolute Gasteiger partial charge is 0.310 e. The lowest BCUT2D eigenvalue weighted by molar-refractivity contribution is -0.145. The third kappa shape index (κ3) is 3.18. The maximum atomic E-state index is 12.3. The summed E-state index contributed by atoms with van der Waals surface area (Å²) < 4.78 is 31.6. The molecular weight excluding hydrogens is 306 g/mol. The molecule has 0 aliphatic heterocycles. The van der Waals surface area contributed by atoms with E-state index in [2.05, 4.69) is 19.4 Å². The van der Waals surface area contributed by atoms with E-state index in [0.29, 0.717) is 19.3 Å². The van der Waals surface area contributed by atoms with Gasteiger partial charge in [-0.1, -0.05) is 6.42 Å². The fraction of sp³-hybridized carbons (Fsp3) is 0.545. The molecule has 0 spiro atoms. The molecule has 110 valence electrons. The molecule has 0 bridgehead atoms. The SMILES string of the molecule is COC(=O)C1CCCC1S(=O)(=O)Nc1ccnc(Cl)n1. The summed E-state index contributed by atoms with van der Waals surface area (Å²) in [4.78, 5) is 19.1. The zero-order valence-corrected chi connectivity index (χ0v) is 12.3. The largest absolute Gasteiger partial charge is 0.469 e. The summed E-state index contributed by atoms with van der Waals surface area (Å²) in [7, 11) is -2.48. The maximum Gasteiger partial charge on any atom is 0.310 e. The third-order valence-electron chi connectivity index (χ3n) is 3.23. The van der Waals surface area contributed by atoms with Crippen molar-refractivity contribution in [2.24, 2.45) is 5.92 Å². The number of sulfonamides is 1. The summed E-state index contributed by atoms with van der Waals surface area (Å²) in [5, 5.41) is -0.871. The Bertz CT molecular complexity index is 607. The molecule has 20 heavy (non-hydrogen) atoms. The summed E-state index contributed by atoms with van der Waals surface area (Å²) in [6, 6.07) is 1.39. The van der Waals surface area contributed by atoms with E-state index in [4.69, 9.17) is 11.6 Å². The molecule has 1 saturated carbocycles. The zero-order valence-electron chi connectivity index (χ0n) is 10.7. The van der Waals surface area contributed by atoms with Crippen molar-refractivity contribution in [1.29, 1.82) is 0 Å². The van der Waals surface area contributed by atoms with Crippen LogP contribution in [-0.4, -0.2) is 36.7 Å². The van der Waals surface area contributed by atoms with Crippen LogP contribution in [0.3, 0.4) is 0 Å². The van der Waals surface area contributed by atoms with Gasteiger partial charge >= 0.3 is 5.97 Å². The lowest BCUT2D eigenvalue weighted by Crippen LogP contribution is -2.35. The van der Waals surface area contributed by atoms with Crippen molar-refractivity contribution in [3.63, 3.8) is 0 Å². The number of methoxy groups -OCH3 is 1. The highest BCUT2D eigenvalue weighted by atomic mass is 35.5. The van der Waals surface area contributed by atoms with Crippen LogP contribution in [0.1, 0.15) is 19.3 Å². The molecule has 1 aromatic heterocycles. The summed E-state index contributed by atoms with van der Waals surface area (Å²) in [6.45, 7) is 0. The molecule has 1 aromatic rings. The van der Waals surface area contributed by atoms with Gasteiger partial charge in [0.15, 0.2) is 0 Å². The number of esters is 1. The number of nitrogens with one attached hydrogen (secondary N) is 1. The van der Waals surface area contributed by atoms with Crippen LogP contribution >= 0.6 is 11.6 Å². The highest BCUT2D eigenvalue weighted by Gasteiger charge is 2.42. The van der Waals surface area contributed by atoms with Crippen LogP contribution in [0.5, 0.6) is 0 Å². The number of halogens is 1. The summed E-state index contributed by atoms with van der Waals surface area (Å²) in [6.07, 6.45) is 2.92. The van der Waals surface area contributed by atoms with Crippen molar-refractivity contribution in [3.8, 4) is 0 Å². The Hall–Kier alpha value is -1.41. The Labute approximate surface area is 121 Å². The Morgan fingerprint density at radius 3 is 2.90 bits per heavy atom. The zero-order chi connectivity index (χ0) is 14.8. The predicted octanol–water partition coefficient (Wildman–Crippen LogP) is 1.21.